The summed E-state index contributed by atoms with van der Waals surface area (Å²) in [6.45, 7) is 5.37. The fourth-order valence-electron chi connectivity index (χ4n) is 1.48. The molecule has 0 aromatic rings. The second kappa shape index (κ2) is 4.43. The van der Waals surface area contributed by atoms with E-state index in [0.717, 1.165) is 45.3 Å². The molecule has 2 rings (SSSR count). The van der Waals surface area contributed by atoms with Crippen molar-refractivity contribution < 1.29 is 4.74 Å². The molecule has 74 valence electrons. The SMILES string of the molecule is C1CNC(NCC2CNCCO2)=N1. The van der Waals surface area contributed by atoms with Gasteiger partial charge >= 0.3 is 0 Å². The Bertz CT molecular complexity index is 189. The number of hydrogen-bond donors (Lipinski definition) is 3. The smallest absolute Gasteiger partial charge is 0.191 e. The zero-order chi connectivity index (χ0) is 8.93. The summed E-state index contributed by atoms with van der Waals surface area (Å²) >= 11 is 0. The van der Waals surface area contributed by atoms with E-state index in [1.165, 1.54) is 0 Å². The van der Waals surface area contributed by atoms with E-state index in [-0.39, 0.29) is 6.10 Å². The van der Waals surface area contributed by atoms with Gasteiger partial charge < -0.3 is 20.7 Å². The molecule has 0 spiro atoms. The van der Waals surface area contributed by atoms with Crippen LogP contribution in [-0.4, -0.2) is 51.4 Å². The first-order valence-corrected chi connectivity index (χ1v) is 4.79. The predicted molar refractivity (Wildman–Crippen MR) is 50.9 cm³/mol. The number of morpholine rings is 1. The highest BCUT2D eigenvalue weighted by Gasteiger charge is 2.14. The second-order valence-electron chi connectivity index (χ2n) is 3.23. The van der Waals surface area contributed by atoms with Crippen LogP contribution in [0, 0.1) is 0 Å². The molecule has 1 unspecified atom stereocenters. The van der Waals surface area contributed by atoms with Crippen LogP contribution in [0.4, 0.5) is 0 Å². The van der Waals surface area contributed by atoms with Crippen molar-refractivity contribution in [1.29, 1.82) is 0 Å². The molecule has 2 heterocycles. The van der Waals surface area contributed by atoms with Gasteiger partial charge in [0, 0.05) is 26.2 Å². The van der Waals surface area contributed by atoms with Crippen molar-refractivity contribution in [3.05, 3.63) is 0 Å². The monoisotopic (exact) mass is 184 g/mol. The van der Waals surface area contributed by atoms with Crippen LogP contribution in [0.2, 0.25) is 0 Å². The molecular formula is C8H16N4O. The molecule has 0 amide bonds. The molecule has 2 aliphatic heterocycles. The van der Waals surface area contributed by atoms with Crippen LogP contribution in [-0.2, 0) is 4.74 Å². The van der Waals surface area contributed by atoms with Crippen molar-refractivity contribution in [2.45, 2.75) is 6.10 Å². The van der Waals surface area contributed by atoms with Gasteiger partial charge in [0.25, 0.3) is 0 Å². The van der Waals surface area contributed by atoms with E-state index in [1.54, 1.807) is 0 Å². The third-order valence-electron chi connectivity index (χ3n) is 2.18. The van der Waals surface area contributed by atoms with Gasteiger partial charge in [-0.05, 0) is 0 Å². The lowest BCUT2D eigenvalue weighted by Crippen LogP contribution is -2.46. The lowest BCUT2D eigenvalue weighted by atomic mass is 10.3. The van der Waals surface area contributed by atoms with Crippen LogP contribution in [0.3, 0.4) is 0 Å². The molecule has 3 N–H and O–H groups in total. The van der Waals surface area contributed by atoms with E-state index in [2.05, 4.69) is 20.9 Å². The lowest BCUT2D eigenvalue weighted by molar-refractivity contribution is 0.0318. The molecule has 1 atom stereocenters. The number of hydrogen-bond acceptors (Lipinski definition) is 5. The quantitative estimate of drug-likeness (QED) is 0.490. The zero-order valence-electron chi connectivity index (χ0n) is 7.68. The number of nitrogens with zero attached hydrogens (tertiary/aromatic N) is 1. The summed E-state index contributed by atoms with van der Waals surface area (Å²) in [6, 6.07) is 0. The first-order chi connectivity index (χ1) is 6.45. The molecule has 2 aliphatic rings. The molecule has 0 radical (unpaired) electrons. The van der Waals surface area contributed by atoms with Crippen LogP contribution in [0.25, 0.3) is 0 Å². The Morgan fingerprint density at radius 2 is 2.54 bits per heavy atom. The summed E-state index contributed by atoms with van der Waals surface area (Å²) in [7, 11) is 0. The lowest BCUT2D eigenvalue weighted by Gasteiger charge is -2.24. The van der Waals surface area contributed by atoms with Crippen LogP contribution in [0.5, 0.6) is 0 Å². The highest BCUT2D eigenvalue weighted by molar-refractivity contribution is 5.81. The molecule has 0 bridgehead atoms. The maximum absolute atomic E-state index is 5.53. The van der Waals surface area contributed by atoms with Gasteiger partial charge in [-0.15, -0.1) is 0 Å². The zero-order valence-corrected chi connectivity index (χ0v) is 7.68. The Morgan fingerprint density at radius 1 is 1.54 bits per heavy atom. The van der Waals surface area contributed by atoms with Crippen LogP contribution in [0.15, 0.2) is 4.99 Å². The normalized spacial score (nSPS) is 28.0. The van der Waals surface area contributed by atoms with Gasteiger partial charge in [0.05, 0.1) is 19.3 Å². The summed E-state index contributed by atoms with van der Waals surface area (Å²) in [5.74, 6) is 0.911. The van der Waals surface area contributed by atoms with Gasteiger partial charge in [-0.3, -0.25) is 4.99 Å². The van der Waals surface area contributed by atoms with E-state index in [4.69, 9.17) is 4.74 Å². The second-order valence-corrected chi connectivity index (χ2v) is 3.23. The van der Waals surface area contributed by atoms with Crippen LogP contribution < -0.4 is 16.0 Å². The maximum atomic E-state index is 5.53. The van der Waals surface area contributed by atoms with Gasteiger partial charge in [-0.25, -0.2) is 0 Å². The molecule has 1 fully saturated rings. The Labute approximate surface area is 77.9 Å². The minimum Gasteiger partial charge on any atom is -0.374 e. The summed E-state index contributed by atoms with van der Waals surface area (Å²) in [6.07, 6.45) is 0.277. The van der Waals surface area contributed by atoms with E-state index < -0.39 is 0 Å². The number of aliphatic imine (C=N–C) groups is 1. The van der Waals surface area contributed by atoms with Crippen molar-refractivity contribution in [1.82, 2.24) is 16.0 Å². The van der Waals surface area contributed by atoms with E-state index in [9.17, 15) is 0 Å². The topological polar surface area (TPSA) is 57.7 Å². The number of rotatable bonds is 2. The molecule has 0 aromatic heterocycles. The molecule has 0 aliphatic carbocycles. The van der Waals surface area contributed by atoms with Gasteiger partial charge in [-0.1, -0.05) is 0 Å². The average Bonchev–Trinajstić information content (AvgIpc) is 2.69. The van der Waals surface area contributed by atoms with Crippen LogP contribution >= 0.6 is 0 Å². The van der Waals surface area contributed by atoms with Crippen LogP contribution in [0.1, 0.15) is 0 Å². The average molecular weight is 184 g/mol. The molecule has 5 nitrogen and oxygen atoms in total. The fraction of sp³-hybridized carbons (Fsp3) is 0.875. The highest BCUT2D eigenvalue weighted by atomic mass is 16.5. The Kier molecular flexibility index (Phi) is 2.99. The molecular weight excluding hydrogens is 168 g/mol. The van der Waals surface area contributed by atoms with Gasteiger partial charge in [0.15, 0.2) is 5.96 Å². The van der Waals surface area contributed by atoms with Gasteiger partial charge in [0.1, 0.15) is 0 Å². The van der Waals surface area contributed by atoms with Crippen molar-refractivity contribution in [3.63, 3.8) is 0 Å². The number of guanidine groups is 1. The summed E-state index contributed by atoms with van der Waals surface area (Å²) in [5.41, 5.74) is 0. The Hall–Kier alpha value is -0.810. The van der Waals surface area contributed by atoms with Crippen molar-refractivity contribution in [2.75, 3.05) is 39.3 Å². The Morgan fingerprint density at radius 3 is 3.23 bits per heavy atom. The van der Waals surface area contributed by atoms with Crippen molar-refractivity contribution in [3.8, 4) is 0 Å². The molecule has 5 heteroatoms. The first-order valence-electron chi connectivity index (χ1n) is 4.79. The number of ether oxygens (including phenoxy) is 1. The van der Waals surface area contributed by atoms with E-state index in [1.807, 2.05) is 0 Å². The fourth-order valence-corrected chi connectivity index (χ4v) is 1.48. The number of nitrogens with one attached hydrogen (secondary N) is 3. The highest BCUT2D eigenvalue weighted by Crippen LogP contribution is 1.94. The predicted octanol–water partition coefficient (Wildman–Crippen LogP) is -1.48. The molecule has 0 saturated carbocycles. The minimum atomic E-state index is 0.277. The molecule has 0 aromatic carbocycles. The minimum absolute atomic E-state index is 0.277. The standard InChI is InChI=1S/C8H16N4O/c1-2-11-8(10-1)12-6-7-5-9-3-4-13-7/h7,9H,1-6H2,(H2,10,11,12). The van der Waals surface area contributed by atoms with Crippen molar-refractivity contribution >= 4 is 5.96 Å². The third kappa shape index (κ3) is 2.57. The Balaban J connectivity index is 1.66. The van der Waals surface area contributed by atoms with Gasteiger partial charge in [-0.2, -0.15) is 0 Å². The summed E-state index contributed by atoms with van der Waals surface area (Å²) in [5, 5.41) is 9.67. The van der Waals surface area contributed by atoms with Gasteiger partial charge in [0.2, 0.25) is 0 Å². The van der Waals surface area contributed by atoms with Crippen molar-refractivity contribution in [2.24, 2.45) is 4.99 Å². The molecule has 13 heavy (non-hydrogen) atoms. The third-order valence-corrected chi connectivity index (χ3v) is 2.18. The summed E-state index contributed by atoms with van der Waals surface area (Å²) < 4.78 is 5.53. The summed E-state index contributed by atoms with van der Waals surface area (Å²) in [4.78, 5) is 4.24. The maximum Gasteiger partial charge on any atom is 0.191 e. The molecule has 1 saturated heterocycles. The largest absolute Gasteiger partial charge is 0.374 e. The van der Waals surface area contributed by atoms with E-state index in [0.29, 0.717) is 0 Å². The van der Waals surface area contributed by atoms with E-state index >= 15 is 0 Å². The first kappa shape index (κ1) is 8.77.